The van der Waals surface area contributed by atoms with E-state index in [2.05, 4.69) is 15.9 Å². The summed E-state index contributed by atoms with van der Waals surface area (Å²) in [6.45, 7) is -0.218. The maximum atomic E-state index is 12.9. The first-order chi connectivity index (χ1) is 8.58. The van der Waals surface area contributed by atoms with Crippen molar-refractivity contribution in [3.8, 4) is 5.75 Å². The van der Waals surface area contributed by atoms with Gasteiger partial charge in [-0.1, -0.05) is 0 Å². The minimum absolute atomic E-state index is 0.120. The number of ketones is 1. The summed E-state index contributed by atoms with van der Waals surface area (Å²) in [5, 5.41) is 1.77. The summed E-state index contributed by atoms with van der Waals surface area (Å²) in [5.41, 5.74) is 0. The number of thiophene rings is 1. The van der Waals surface area contributed by atoms with Crippen LogP contribution in [0.4, 0.5) is 8.78 Å². The van der Waals surface area contributed by atoms with E-state index in [-0.39, 0.29) is 18.1 Å². The average molecular weight is 333 g/mol. The number of carbonyl (C=O) groups excluding carboxylic acids is 1. The third-order valence-corrected chi connectivity index (χ3v) is 4.01. The van der Waals surface area contributed by atoms with E-state index in [4.69, 9.17) is 4.74 Å². The molecular formula is C12H7BrF2O2S. The van der Waals surface area contributed by atoms with Crippen molar-refractivity contribution in [1.82, 2.24) is 0 Å². The van der Waals surface area contributed by atoms with E-state index in [1.807, 2.05) is 0 Å². The lowest BCUT2D eigenvalue weighted by molar-refractivity contribution is 0.0924. The van der Waals surface area contributed by atoms with E-state index in [0.717, 1.165) is 12.1 Å². The number of ether oxygens (including phenoxy) is 1. The zero-order chi connectivity index (χ0) is 13.1. The molecule has 0 saturated heterocycles. The summed E-state index contributed by atoms with van der Waals surface area (Å²) < 4.78 is 31.4. The third-order valence-electron chi connectivity index (χ3n) is 2.13. The number of carbonyl (C=O) groups is 1. The van der Waals surface area contributed by atoms with Gasteiger partial charge >= 0.3 is 0 Å². The highest BCUT2D eigenvalue weighted by Crippen LogP contribution is 2.23. The molecule has 0 N–H and O–H groups in total. The van der Waals surface area contributed by atoms with Crippen molar-refractivity contribution in [3.63, 3.8) is 0 Å². The van der Waals surface area contributed by atoms with Crippen LogP contribution < -0.4 is 4.74 Å². The van der Waals surface area contributed by atoms with Crippen LogP contribution in [0.1, 0.15) is 9.67 Å². The Hall–Kier alpha value is -1.27. The number of benzene rings is 1. The molecule has 1 aromatic heterocycles. The van der Waals surface area contributed by atoms with Crippen molar-refractivity contribution >= 4 is 33.0 Å². The van der Waals surface area contributed by atoms with Gasteiger partial charge in [0.25, 0.3) is 0 Å². The SMILES string of the molecule is O=C(COc1ccc(F)c(F)c1)c1sccc1Br. The van der Waals surface area contributed by atoms with Crippen LogP contribution in [0.25, 0.3) is 0 Å². The van der Waals surface area contributed by atoms with E-state index >= 15 is 0 Å². The van der Waals surface area contributed by atoms with Crippen LogP contribution in [-0.4, -0.2) is 12.4 Å². The second-order valence-electron chi connectivity index (χ2n) is 3.39. The highest BCUT2D eigenvalue weighted by atomic mass is 79.9. The van der Waals surface area contributed by atoms with Gasteiger partial charge in [-0.05, 0) is 39.5 Å². The van der Waals surface area contributed by atoms with Gasteiger partial charge in [0.05, 0.1) is 4.88 Å². The Kier molecular flexibility index (Phi) is 4.08. The van der Waals surface area contributed by atoms with E-state index in [0.29, 0.717) is 9.35 Å². The van der Waals surface area contributed by atoms with Gasteiger partial charge in [0.2, 0.25) is 5.78 Å². The van der Waals surface area contributed by atoms with Gasteiger partial charge in [-0.2, -0.15) is 0 Å². The van der Waals surface area contributed by atoms with Gasteiger partial charge in [0.15, 0.2) is 18.2 Å². The van der Waals surface area contributed by atoms with Crippen molar-refractivity contribution in [2.75, 3.05) is 6.61 Å². The largest absolute Gasteiger partial charge is 0.485 e. The molecule has 0 aliphatic heterocycles. The fourth-order valence-corrected chi connectivity index (χ4v) is 2.79. The normalized spacial score (nSPS) is 10.4. The maximum Gasteiger partial charge on any atom is 0.211 e. The lowest BCUT2D eigenvalue weighted by Gasteiger charge is -2.05. The van der Waals surface area contributed by atoms with Crippen LogP contribution in [-0.2, 0) is 0 Å². The molecule has 0 aliphatic rings. The number of Topliss-reactive ketones (excluding diaryl/α,β-unsaturated/α-hetero) is 1. The Morgan fingerprint density at radius 3 is 2.67 bits per heavy atom. The molecule has 0 unspecified atom stereocenters. The van der Waals surface area contributed by atoms with Gasteiger partial charge < -0.3 is 4.74 Å². The van der Waals surface area contributed by atoms with Crippen LogP contribution in [0.3, 0.4) is 0 Å². The highest BCUT2D eigenvalue weighted by Gasteiger charge is 2.12. The predicted octanol–water partition coefficient (Wildman–Crippen LogP) is 4.05. The molecule has 0 saturated carbocycles. The summed E-state index contributed by atoms with van der Waals surface area (Å²) in [4.78, 5) is 12.3. The molecule has 0 spiro atoms. The molecule has 94 valence electrons. The summed E-state index contributed by atoms with van der Waals surface area (Å²) >= 11 is 4.53. The van der Waals surface area contributed by atoms with Crippen molar-refractivity contribution in [3.05, 3.63) is 50.6 Å². The van der Waals surface area contributed by atoms with Crippen LogP contribution in [0.15, 0.2) is 34.1 Å². The standard InChI is InChI=1S/C12H7BrF2O2S/c13-8-3-4-18-12(8)11(16)6-17-7-1-2-9(14)10(15)5-7/h1-5H,6H2. The van der Waals surface area contributed by atoms with Gasteiger partial charge in [-0.25, -0.2) is 8.78 Å². The fraction of sp³-hybridized carbons (Fsp3) is 0.0833. The average Bonchev–Trinajstić information content (AvgIpc) is 2.77. The molecule has 0 bridgehead atoms. The first-order valence-electron chi connectivity index (χ1n) is 4.92. The Labute approximate surface area is 114 Å². The molecule has 6 heteroatoms. The van der Waals surface area contributed by atoms with Crippen molar-refractivity contribution in [2.24, 2.45) is 0 Å². The minimum atomic E-state index is -1.00. The Balaban J connectivity index is 2.02. The van der Waals surface area contributed by atoms with E-state index in [1.54, 1.807) is 11.4 Å². The molecule has 2 rings (SSSR count). The third kappa shape index (κ3) is 2.94. The van der Waals surface area contributed by atoms with Crippen LogP contribution in [0.5, 0.6) is 5.75 Å². The molecule has 0 amide bonds. The molecule has 0 fully saturated rings. The minimum Gasteiger partial charge on any atom is -0.485 e. The van der Waals surface area contributed by atoms with Crippen molar-refractivity contribution in [1.29, 1.82) is 0 Å². The Bertz CT molecular complexity index is 583. The molecule has 1 heterocycles. The zero-order valence-corrected chi connectivity index (χ0v) is 11.4. The summed E-state index contributed by atoms with van der Waals surface area (Å²) in [6, 6.07) is 4.90. The van der Waals surface area contributed by atoms with Crippen molar-refractivity contribution < 1.29 is 18.3 Å². The van der Waals surface area contributed by atoms with Gasteiger partial charge in [-0.3, -0.25) is 4.79 Å². The molecule has 0 atom stereocenters. The van der Waals surface area contributed by atoms with Crippen LogP contribution in [0.2, 0.25) is 0 Å². The fourth-order valence-electron chi connectivity index (χ4n) is 1.27. The quantitative estimate of drug-likeness (QED) is 0.789. The molecule has 2 nitrogen and oxygen atoms in total. The number of rotatable bonds is 4. The lowest BCUT2D eigenvalue weighted by Crippen LogP contribution is -2.10. The smallest absolute Gasteiger partial charge is 0.211 e. The van der Waals surface area contributed by atoms with Gasteiger partial charge in [0, 0.05) is 10.5 Å². The molecule has 1 aromatic carbocycles. The monoisotopic (exact) mass is 332 g/mol. The Morgan fingerprint density at radius 2 is 2.06 bits per heavy atom. The number of halogens is 3. The predicted molar refractivity (Wildman–Crippen MR) is 68.2 cm³/mol. The second-order valence-corrected chi connectivity index (χ2v) is 5.16. The van der Waals surface area contributed by atoms with Gasteiger partial charge in [0.1, 0.15) is 5.75 Å². The first kappa shape index (κ1) is 13.2. The topological polar surface area (TPSA) is 26.3 Å². The van der Waals surface area contributed by atoms with Gasteiger partial charge in [-0.15, -0.1) is 11.3 Å². The van der Waals surface area contributed by atoms with E-state index in [9.17, 15) is 13.6 Å². The molecule has 0 radical (unpaired) electrons. The summed E-state index contributed by atoms with van der Waals surface area (Å²) in [6.07, 6.45) is 0. The Morgan fingerprint density at radius 1 is 1.28 bits per heavy atom. The maximum absolute atomic E-state index is 12.9. The zero-order valence-electron chi connectivity index (χ0n) is 8.95. The molecular weight excluding hydrogens is 326 g/mol. The highest BCUT2D eigenvalue weighted by molar-refractivity contribution is 9.10. The van der Waals surface area contributed by atoms with Crippen LogP contribution >= 0.6 is 27.3 Å². The summed E-state index contributed by atoms with van der Waals surface area (Å²) in [5.74, 6) is -2.05. The van der Waals surface area contributed by atoms with E-state index < -0.39 is 11.6 Å². The van der Waals surface area contributed by atoms with Crippen LogP contribution in [0, 0.1) is 11.6 Å². The first-order valence-corrected chi connectivity index (χ1v) is 6.59. The lowest BCUT2D eigenvalue weighted by atomic mass is 10.3. The summed E-state index contributed by atoms with van der Waals surface area (Å²) in [7, 11) is 0. The number of hydrogen-bond acceptors (Lipinski definition) is 3. The molecule has 18 heavy (non-hydrogen) atoms. The second kappa shape index (κ2) is 5.58. The van der Waals surface area contributed by atoms with Crippen molar-refractivity contribution in [2.45, 2.75) is 0 Å². The number of hydrogen-bond donors (Lipinski definition) is 0. The molecule has 2 aromatic rings. The molecule has 0 aliphatic carbocycles. The van der Waals surface area contributed by atoms with E-state index in [1.165, 1.54) is 17.4 Å².